The Morgan fingerprint density at radius 3 is 2.30 bits per heavy atom. The van der Waals surface area contributed by atoms with Gasteiger partial charge in [0.25, 0.3) is 0 Å². The molecule has 1 aliphatic heterocycles. The lowest BCUT2D eigenvalue weighted by Crippen LogP contribution is -2.19. The van der Waals surface area contributed by atoms with E-state index >= 15 is 0 Å². The molecule has 0 bridgehead atoms. The highest BCUT2D eigenvalue weighted by atomic mass is 16.8. The molecule has 1 rings (SSSR count). The van der Waals surface area contributed by atoms with Gasteiger partial charge in [-0.2, -0.15) is 0 Å². The highest BCUT2D eigenvalue weighted by molar-refractivity contribution is 6.55. The molecule has 54 valence electrons. The lowest BCUT2D eigenvalue weighted by molar-refractivity contribution is -0.150. The first-order valence-electron chi connectivity index (χ1n) is 2.77. The van der Waals surface area contributed by atoms with Gasteiger partial charge in [0, 0.05) is 6.61 Å². The first-order chi connectivity index (χ1) is 4.74. The van der Waals surface area contributed by atoms with E-state index in [9.17, 15) is 9.59 Å². The summed E-state index contributed by atoms with van der Waals surface area (Å²) >= 11 is 0. The molecular weight excluding hydrogens is 139 g/mol. The van der Waals surface area contributed by atoms with Crippen molar-refractivity contribution < 1.29 is 23.6 Å². The van der Waals surface area contributed by atoms with E-state index in [1.54, 1.807) is 6.92 Å². The largest absolute Gasteiger partial charge is 0.792 e. The van der Waals surface area contributed by atoms with Gasteiger partial charge in [0.1, 0.15) is 0 Å². The van der Waals surface area contributed by atoms with Crippen molar-refractivity contribution in [3.05, 3.63) is 0 Å². The van der Waals surface area contributed by atoms with Crippen LogP contribution >= 0.6 is 0 Å². The fourth-order valence-corrected chi connectivity index (χ4v) is 0.499. The Balaban J connectivity index is 2.41. The van der Waals surface area contributed by atoms with Crippen LogP contribution in [0.15, 0.2) is 0 Å². The van der Waals surface area contributed by atoms with Gasteiger partial charge in [-0.05, 0) is 6.92 Å². The van der Waals surface area contributed by atoms with Crippen LogP contribution < -0.4 is 0 Å². The normalized spacial score (nSPS) is 17.1. The summed E-state index contributed by atoms with van der Waals surface area (Å²) in [6, 6.07) is 0. The Hall–Kier alpha value is -1.04. The Morgan fingerprint density at radius 1 is 1.40 bits per heavy atom. The van der Waals surface area contributed by atoms with Gasteiger partial charge in [0.05, 0.1) is 0 Å². The summed E-state index contributed by atoms with van der Waals surface area (Å²) in [6.45, 7) is 2.02. The maximum atomic E-state index is 10.3. The lowest BCUT2D eigenvalue weighted by Gasteiger charge is -1.97. The van der Waals surface area contributed by atoms with Gasteiger partial charge in [-0.3, -0.25) is 0 Å². The quantitative estimate of drug-likeness (QED) is 0.371. The van der Waals surface area contributed by atoms with Crippen LogP contribution in [-0.4, -0.2) is 25.9 Å². The van der Waals surface area contributed by atoms with E-state index < -0.39 is 19.3 Å². The number of carbonyl (C=O) groups is 2. The van der Waals surface area contributed by atoms with Crippen molar-refractivity contribution in [1.82, 2.24) is 0 Å². The fourth-order valence-electron chi connectivity index (χ4n) is 0.499. The summed E-state index contributed by atoms with van der Waals surface area (Å²) in [4.78, 5) is 20.6. The van der Waals surface area contributed by atoms with Crippen molar-refractivity contribution in [1.29, 1.82) is 0 Å². The molecule has 1 heterocycles. The first kappa shape index (κ1) is 7.08. The van der Waals surface area contributed by atoms with Crippen LogP contribution in [0.3, 0.4) is 0 Å². The molecule has 0 radical (unpaired) electrons. The standard InChI is InChI=1S/C4H5BO5/c1-2-8-5-9-3(6)4(7)10-5/h2H2,1H3. The molecule has 0 atom stereocenters. The maximum absolute atomic E-state index is 10.3. The predicted molar refractivity (Wildman–Crippen MR) is 29.6 cm³/mol. The van der Waals surface area contributed by atoms with Gasteiger partial charge >= 0.3 is 19.3 Å². The minimum Gasteiger partial charge on any atom is -0.465 e. The van der Waals surface area contributed by atoms with E-state index in [4.69, 9.17) is 0 Å². The molecule has 6 heteroatoms. The van der Waals surface area contributed by atoms with Gasteiger partial charge < -0.3 is 14.0 Å². The molecule has 0 unspecified atom stereocenters. The molecule has 0 aliphatic carbocycles. The van der Waals surface area contributed by atoms with Gasteiger partial charge in [0.2, 0.25) is 0 Å². The van der Waals surface area contributed by atoms with E-state index in [0.29, 0.717) is 6.61 Å². The van der Waals surface area contributed by atoms with Gasteiger partial charge in [0.15, 0.2) is 0 Å². The number of hydrogen-bond acceptors (Lipinski definition) is 5. The minimum absolute atomic E-state index is 0.325. The van der Waals surface area contributed by atoms with E-state index in [-0.39, 0.29) is 0 Å². The van der Waals surface area contributed by atoms with Crippen molar-refractivity contribution >= 4 is 19.3 Å². The SMILES string of the molecule is CCOB1OC(=O)C(=O)O1. The number of rotatable bonds is 2. The van der Waals surface area contributed by atoms with Crippen LogP contribution in [0.1, 0.15) is 6.92 Å². The Morgan fingerprint density at radius 2 is 1.90 bits per heavy atom. The van der Waals surface area contributed by atoms with Crippen molar-refractivity contribution in [2.24, 2.45) is 0 Å². The summed E-state index contributed by atoms with van der Waals surface area (Å²) in [5.41, 5.74) is 0. The molecule has 10 heavy (non-hydrogen) atoms. The smallest absolute Gasteiger partial charge is 0.465 e. The molecule has 0 spiro atoms. The first-order valence-corrected chi connectivity index (χ1v) is 2.77. The zero-order valence-corrected chi connectivity index (χ0v) is 5.33. The minimum atomic E-state index is -1.13. The third-order valence-corrected chi connectivity index (χ3v) is 0.876. The number of hydrogen-bond donors (Lipinski definition) is 0. The zero-order chi connectivity index (χ0) is 7.56. The van der Waals surface area contributed by atoms with Gasteiger partial charge in [-0.15, -0.1) is 0 Å². The highest BCUT2D eigenvalue weighted by Gasteiger charge is 2.42. The summed E-state index contributed by atoms with van der Waals surface area (Å²) in [5, 5.41) is 0. The molecule has 1 aliphatic rings. The summed E-state index contributed by atoms with van der Waals surface area (Å²) in [7, 11) is -1.13. The maximum Gasteiger partial charge on any atom is 0.792 e. The Labute approximate surface area is 57.4 Å². The second-order valence-corrected chi connectivity index (χ2v) is 1.55. The summed E-state index contributed by atoms with van der Waals surface area (Å²) in [6.07, 6.45) is 0. The van der Waals surface area contributed by atoms with Crippen LogP contribution in [0, 0.1) is 0 Å². The Kier molecular flexibility index (Phi) is 1.91. The highest BCUT2D eigenvalue weighted by Crippen LogP contribution is 2.03. The van der Waals surface area contributed by atoms with Crippen molar-refractivity contribution in [3.63, 3.8) is 0 Å². The molecule has 0 aromatic heterocycles. The van der Waals surface area contributed by atoms with Gasteiger partial charge in [-0.1, -0.05) is 0 Å². The van der Waals surface area contributed by atoms with Crippen LogP contribution in [0.4, 0.5) is 0 Å². The van der Waals surface area contributed by atoms with Crippen LogP contribution in [-0.2, 0) is 23.6 Å². The third-order valence-electron chi connectivity index (χ3n) is 0.876. The van der Waals surface area contributed by atoms with Gasteiger partial charge in [-0.25, -0.2) is 9.59 Å². The molecule has 0 saturated carbocycles. The molecular formula is C4H5BO5. The lowest BCUT2D eigenvalue weighted by atomic mass is 10.2. The van der Waals surface area contributed by atoms with Crippen LogP contribution in [0.2, 0.25) is 0 Å². The van der Waals surface area contributed by atoms with Crippen LogP contribution in [0.5, 0.6) is 0 Å². The molecule has 1 fully saturated rings. The van der Waals surface area contributed by atoms with E-state index in [1.165, 1.54) is 0 Å². The molecule has 0 amide bonds. The molecule has 0 aromatic carbocycles. The van der Waals surface area contributed by atoms with Crippen LogP contribution in [0.25, 0.3) is 0 Å². The summed E-state index contributed by atoms with van der Waals surface area (Å²) in [5.74, 6) is -2.00. The average Bonchev–Trinajstić information content (AvgIpc) is 2.14. The monoisotopic (exact) mass is 144 g/mol. The average molecular weight is 144 g/mol. The van der Waals surface area contributed by atoms with E-state index in [0.717, 1.165) is 0 Å². The number of carbonyl (C=O) groups excluding carboxylic acids is 2. The molecule has 5 nitrogen and oxygen atoms in total. The third kappa shape index (κ3) is 1.27. The molecule has 0 N–H and O–H groups in total. The molecule has 1 saturated heterocycles. The summed E-state index contributed by atoms with van der Waals surface area (Å²) < 4.78 is 13.2. The van der Waals surface area contributed by atoms with E-state index in [2.05, 4.69) is 14.0 Å². The Bertz CT molecular complexity index is 151. The second kappa shape index (κ2) is 2.70. The fraction of sp³-hybridized carbons (Fsp3) is 0.500. The zero-order valence-electron chi connectivity index (χ0n) is 5.33. The van der Waals surface area contributed by atoms with Crippen molar-refractivity contribution in [2.45, 2.75) is 6.92 Å². The van der Waals surface area contributed by atoms with Crippen molar-refractivity contribution in [2.75, 3.05) is 6.61 Å². The van der Waals surface area contributed by atoms with E-state index in [1.807, 2.05) is 0 Å². The predicted octanol–water partition coefficient (Wildman–Crippen LogP) is -0.892. The second-order valence-electron chi connectivity index (χ2n) is 1.55. The van der Waals surface area contributed by atoms with Crippen molar-refractivity contribution in [3.8, 4) is 0 Å². The molecule has 0 aromatic rings. The topological polar surface area (TPSA) is 61.8 Å².